The number of hydrogen-bond acceptors (Lipinski definition) is 9. The molecule has 13 heteroatoms. The summed E-state index contributed by atoms with van der Waals surface area (Å²) in [6.07, 6.45) is -3.28. The molecule has 4 aromatic rings. The van der Waals surface area contributed by atoms with E-state index in [2.05, 4.69) is 25.4 Å². The predicted octanol–water partition coefficient (Wildman–Crippen LogP) is 4.29. The van der Waals surface area contributed by atoms with Crippen LogP contribution < -0.4 is 5.32 Å². The summed E-state index contributed by atoms with van der Waals surface area (Å²) in [5.74, 6) is 0.00816. The standard InChI is InChI=1S/C22H21Cl2FN6O4/c1-22(2,3)13-7-12(35-30-13)17-15(32)16(33)20(34-17)31-8-26-14-18(28-21(24)29-19(14)31)27-11-5-4-9(25)6-10(11)23/h4-8,15-17,20,32-33H,1-3H3,(H,27,28,29)/t15-,16+,17+,20+/m0/s1. The molecule has 1 aliphatic rings. The second-order valence-corrected chi connectivity index (χ2v) is 9.95. The van der Waals surface area contributed by atoms with Crippen LogP contribution in [0.25, 0.3) is 11.2 Å². The van der Waals surface area contributed by atoms with Gasteiger partial charge in [0.25, 0.3) is 0 Å². The van der Waals surface area contributed by atoms with Crippen LogP contribution in [0.1, 0.15) is 44.6 Å². The van der Waals surface area contributed by atoms with Crippen molar-refractivity contribution in [3.8, 4) is 0 Å². The maximum atomic E-state index is 13.4. The smallest absolute Gasteiger partial charge is 0.226 e. The minimum absolute atomic E-state index is 0.116. The Hall–Kier alpha value is -2.83. The first kappa shape index (κ1) is 23.9. The van der Waals surface area contributed by atoms with Crippen molar-refractivity contribution in [1.82, 2.24) is 24.7 Å². The highest BCUT2D eigenvalue weighted by molar-refractivity contribution is 6.33. The highest BCUT2D eigenvalue weighted by Gasteiger charge is 2.47. The van der Waals surface area contributed by atoms with Crippen molar-refractivity contribution in [2.45, 2.75) is 50.7 Å². The van der Waals surface area contributed by atoms with E-state index in [1.807, 2.05) is 20.8 Å². The molecule has 0 unspecified atom stereocenters. The van der Waals surface area contributed by atoms with Gasteiger partial charge in [-0.05, 0) is 29.8 Å². The Morgan fingerprint density at radius 2 is 1.89 bits per heavy atom. The number of anilines is 2. The highest BCUT2D eigenvalue weighted by Crippen LogP contribution is 2.41. The van der Waals surface area contributed by atoms with E-state index in [0.717, 1.165) is 6.07 Å². The molecule has 1 fully saturated rings. The van der Waals surface area contributed by atoms with Crippen LogP contribution in [0.2, 0.25) is 10.3 Å². The van der Waals surface area contributed by atoms with Crippen LogP contribution in [-0.2, 0) is 10.2 Å². The molecule has 5 rings (SSSR count). The largest absolute Gasteiger partial charge is 0.387 e. The number of benzene rings is 1. The third-order valence-electron chi connectivity index (χ3n) is 5.67. The molecule has 0 bridgehead atoms. The average molecular weight is 523 g/mol. The van der Waals surface area contributed by atoms with Gasteiger partial charge in [-0.1, -0.05) is 37.5 Å². The van der Waals surface area contributed by atoms with E-state index >= 15 is 0 Å². The van der Waals surface area contributed by atoms with E-state index in [1.54, 1.807) is 6.07 Å². The molecule has 0 aliphatic carbocycles. The number of hydrogen-bond donors (Lipinski definition) is 3. The Kier molecular flexibility index (Phi) is 5.93. The number of aromatic nitrogens is 5. The molecule has 3 aromatic heterocycles. The van der Waals surface area contributed by atoms with Crippen molar-refractivity contribution in [3.63, 3.8) is 0 Å². The quantitative estimate of drug-likeness (QED) is 0.335. The summed E-state index contributed by atoms with van der Waals surface area (Å²) in [5.41, 5.74) is 1.32. The SMILES string of the molecule is CC(C)(C)c1cc([C@H]2O[C@@H](n3cnc4c(Nc5ccc(F)cc5Cl)nc(Cl)nc43)[C@H](O)[C@@H]2O)on1. The minimum Gasteiger partial charge on any atom is -0.387 e. The third kappa shape index (κ3) is 4.34. The number of rotatable bonds is 4. The summed E-state index contributed by atoms with van der Waals surface area (Å²) in [6.45, 7) is 5.93. The molecule has 4 atom stereocenters. The number of nitrogens with zero attached hydrogens (tertiary/aromatic N) is 5. The zero-order chi connectivity index (χ0) is 25.1. The van der Waals surface area contributed by atoms with Crippen molar-refractivity contribution in [2.75, 3.05) is 5.32 Å². The van der Waals surface area contributed by atoms with Crippen molar-refractivity contribution in [1.29, 1.82) is 0 Å². The summed E-state index contributed by atoms with van der Waals surface area (Å²) in [6, 6.07) is 5.54. The van der Waals surface area contributed by atoms with Crippen LogP contribution in [0.5, 0.6) is 0 Å². The number of nitrogens with one attached hydrogen (secondary N) is 1. The zero-order valence-corrected chi connectivity index (χ0v) is 20.3. The van der Waals surface area contributed by atoms with Gasteiger partial charge in [0, 0.05) is 11.5 Å². The fraction of sp³-hybridized carbons (Fsp3) is 0.364. The molecule has 0 spiro atoms. The second-order valence-electron chi connectivity index (χ2n) is 9.21. The summed E-state index contributed by atoms with van der Waals surface area (Å²) in [5, 5.41) is 28.5. The van der Waals surface area contributed by atoms with Gasteiger partial charge < -0.3 is 24.8 Å². The first-order valence-corrected chi connectivity index (χ1v) is 11.4. The minimum atomic E-state index is -1.34. The summed E-state index contributed by atoms with van der Waals surface area (Å²) < 4.78 is 26.2. The van der Waals surface area contributed by atoms with Crippen molar-refractivity contribution in [2.24, 2.45) is 0 Å². The van der Waals surface area contributed by atoms with Crippen molar-refractivity contribution >= 4 is 45.9 Å². The highest BCUT2D eigenvalue weighted by atomic mass is 35.5. The topological polar surface area (TPSA) is 131 Å². The molecule has 184 valence electrons. The Bertz CT molecular complexity index is 1400. The van der Waals surface area contributed by atoms with Crippen LogP contribution in [0.4, 0.5) is 15.9 Å². The molecule has 0 radical (unpaired) electrons. The van der Waals surface area contributed by atoms with Crippen LogP contribution in [0.3, 0.4) is 0 Å². The van der Waals surface area contributed by atoms with Gasteiger partial charge in [0.1, 0.15) is 24.1 Å². The number of aliphatic hydroxyl groups is 2. The molecule has 1 aliphatic heterocycles. The van der Waals surface area contributed by atoms with E-state index < -0.39 is 30.4 Å². The summed E-state index contributed by atoms with van der Waals surface area (Å²) in [7, 11) is 0. The summed E-state index contributed by atoms with van der Waals surface area (Å²) >= 11 is 12.3. The van der Waals surface area contributed by atoms with Gasteiger partial charge in [-0.25, -0.2) is 9.37 Å². The fourth-order valence-corrected chi connectivity index (χ4v) is 4.16. The lowest BCUT2D eigenvalue weighted by Gasteiger charge is -2.16. The van der Waals surface area contributed by atoms with Crippen molar-refractivity contribution in [3.05, 3.63) is 58.2 Å². The predicted molar refractivity (Wildman–Crippen MR) is 125 cm³/mol. The molecule has 3 N–H and O–H groups in total. The molecule has 4 heterocycles. The van der Waals surface area contributed by atoms with Gasteiger partial charge in [0.05, 0.1) is 22.7 Å². The lowest BCUT2D eigenvalue weighted by atomic mass is 9.92. The number of halogens is 3. The normalized spacial score (nSPS) is 22.7. The number of fused-ring (bicyclic) bond motifs is 1. The van der Waals surface area contributed by atoms with Crippen LogP contribution in [0, 0.1) is 5.82 Å². The first-order chi connectivity index (χ1) is 16.5. The van der Waals surface area contributed by atoms with Gasteiger partial charge in [-0.2, -0.15) is 9.97 Å². The van der Waals surface area contributed by atoms with Gasteiger partial charge in [-0.15, -0.1) is 0 Å². The van der Waals surface area contributed by atoms with E-state index in [0.29, 0.717) is 16.9 Å². The molecule has 0 amide bonds. The van der Waals surface area contributed by atoms with E-state index in [1.165, 1.54) is 23.0 Å². The van der Waals surface area contributed by atoms with E-state index in [4.69, 9.17) is 32.5 Å². The second kappa shape index (κ2) is 8.68. The maximum absolute atomic E-state index is 13.4. The third-order valence-corrected chi connectivity index (χ3v) is 6.15. The lowest BCUT2D eigenvalue weighted by Crippen LogP contribution is -2.28. The monoisotopic (exact) mass is 522 g/mol. The molecule has 0 saturated carbocycles. The molecule has 10 nitrogen and oxygen atoms in total. The van der Waals surface area contributed by atoms with Gasteiger partial charge >= 0.3 is 0 Å². The van der Waals surface area contributed by atoms with Crippen LogP contribution in [-0.4, -0.2) is 47.1 Å². The Labute approximate surface area is 208 Å². The van der Waals surface area contributed by atoms with Gasteiger partial charge in [0.15, 0.2) is 29.0 Å². The van der Waals surface area contributed by atoms with Crippen LogP contribution in [0.15, 0.2) is 35.1 Å². The Morgan fingerprint density at radius 3 is 2.57 bits per heavy atom. The fourth-order valence-electron chi connectivity index (χ4n) is 3.78. The summed E-state index contributed by atoms with van der Waals surface area (Å²) in [4.78, 5) is 12.7. The van der Waals surface area contributed by atoms with Gasteiger partial charge in [-0.3, -0.25) is 4.57 Å². The van der Waals surface area contributed by atoms with Gasteiger partial charge in [0.2, 0.25) is 5.28 Å². The maximum Gasteiger partial charge on any atom is 0.226 e. The average Bonchev–Trinajstić information content (AvgIpc) is 3.49. The molecule has 1 aromatic carbocycles. The molecular formula is C22H21Cl2FN6O4. The van der Waals surface area contributed by atoms with Crippen LogP contribution >= 0.6 is 23.2 Å². The van der Waals surface area contributed by atoms with E-state index in [-0.39, 0.29) is 32.9 Å². The van der Waals surface area contributed by atoms with E-state index in [9.17, 15) is 14.6 Å². The lowest BCUT2D eigenvalue weighted by molar-refractivity contribution is -0.0434. The number of ether oxygens (including phenoxy) is 1. The molecule has 1 saturated heterocycles. The molecular weight excluding hydrogens is 502 g/mol. The zero-order valence-electron chi connectivity index (χ0n) is 18.8. The number of imidazole rings is 1. The Morgan fingerprint density at radius 1 is 1.11 bits per heavy atom. The number of aliphatic hydroxyl groups excluding tert-OH is 2. The first-order valence-electron chi connectivity index (χ1n) is 10.6. The van der Waals surface area contributed by atoms with Crippen molar-refractivity contribution < 1.29 is 23.9 Å². The Balaban J connectivity index is 1.49. The molecule has 35 heavy (non-hydrogen) atoms.